The molecule has 2 aromatic carbocycles. The molecule has 0 aromatic heterocycles. The molecule has 1 unspecified atom stereocenters. The summed E-state index contributed by atoms with van der Waals surface area (Å²) in [6, 6.07) is 17.6. The van der Waals surface area contributed by atoms with Crippen LogP contribution in [0.4, 0.5) is 0 Å². The number of ketones is 1. The normalized spacial score (nSPS) is 21.7. The van der Waals surface area contributed by atoms with Gasteiger partial charge in [-0.15, -0.1) is 0 Å². The topological polar surface area (TPSA) is 65.0 Å². The zero-order valence-electron chi connectivity index (χ0n) is 20.6. The van der Waals surface area contributed by atoms with Crippen LogP contribution in [0, 0.1) is 11.3 Å². The van der Waals surface area contributed by atoms with Crippen molar-refractivity contribution in [3.05, 3.63) is 77.0 Å². The van der Waals surface area contributed by atoms with Crippen molar-refractivity contribution in [1.82, 2.24) is 0 Å². The van der Waals surface area contributed by atoms with Crippen LogP contribution in [0.3, 0.4) is 0 Å². The molecule has 0 bridgehead atoms. The van der Waals surface area contributed by atoms with Crippen LogP contribution in [0.15, 0.2) is 70.9 Å². The lowest BCUT2D eigenvalue weighted by Crippen LogP contribution is -2.40. The number of para-hydroxylation sites is 1. The molecule has 1 aliphatic heterocycles. The fourth-order valence-electron chi connectivity index (χ4n) is 5.00. The Balaban J connectivity index is 1.80. The molecule has 34 heavy (non-hydrogen) atoms. The highest BCUT2D eigenvalue weighted by atomic mass is 16.5. The Morgan fingerprint density at radius 1 is 1.06 bits per heavy atom. The van der Waals surface area contributed by atoms with Crippen LogP contribution in [-0.2, 0) is 20.9 Å². The molecule has 2 atom stereocenters. The molecular weight excluding hydrogens is 426 g/mol. The molecule has 0 saturated heterocycles. The number of benzene rings is 2. The maximum absolute atomic E-state index is 13.5. The summed E-state index contributed by atoms with van der Waals surface area (Å²) >= 11 is 0. The first-order valence-corrected chi connectivity index (χ1v) is 11.9. The molecular formula is C29H33NO4. The summed E-state index contributed by atoms with van der Waals surface area (Å²) in [5, 5.41) is 0. The van der Waals surface area contributed by atoms with Crippen LogP contribution in [0.5, 0.6) is 5.75 Å². The third-order valence-corrected chi connectivity index (χ3v) is 6.40. The maximum Gasteiger partial charge on any atom is 0.315 e. The fraction of sp³-hybridized carbons (Fsp3) is 0.414. The van der Waals surface area contributed by atoms with Crippen LogP contribution in [0.25, 0.3) is 0 Å². The van der Waals surface area contributed by atoms with Crippen molar-refractivity contribution < 1.29 is 19.1 Å². The van der Waals surface area contributed by atoms with Gasteiger partial charge in [0.15, 0.2) is 5.78 Å². The summed E-state index contributed by atoms with van der Waals surface area (Å²) in [5.74, 6) is -0.809. The minimum absolute atomic E-state index is 0.0488. The number of carbonyl (C=O) groups is 2. The van der Waals surface area contributed by atoms with Crippen LogP contribution < -0.4 is 4.74 Å². The van der Waals surface area contributed by atoms with Crippen molar-refractivity contribution in [3.8, 4) is 5.75 Å². The SMILES string of the molecule is CC1=NC2=C(C(=O)CC(C)(C)C2)[C@@H](c2ccccc2OCc2ccccc2)C1C(=O)OC(C)C. The Morgan fingerprint density at radius 3 is 2.44 bits per heavy atom. The number of hydrogen-bond acceptors (Lipinski definition) is 5. The van der Waals surface area contributed by atoms with E-state index in [0.717, 1.165) is 16.8 Å². The predicted molar refractivity (Wildman–Crippen MR) is 133 cm³/mol. The standard InChI is InChI=1S/C29H33NO4/c1-18(2)34-28(32)25-19(3)30-22-15-29(4,5)16-23(31)27(22)26(25)21-13-9-10-14-24(21)33-17-20-11-7-6-8-12-20/h6-14,18,25-26H,15-17H2,1-5H3/t25?,26-/m0/s1. The van der Waals surface area contributed by atoms with E-state index in [4.69, 9.17) is 14.5 Å². The second kappa shape index (κ2) is 9.57. The molecule has 5 heteroatoms. The molecule has 2 aromatic rings. The number of esters is 1. The molecule has 0 saturated carbocycles. The highest BCUT2D eigenvalue weighted by molar-refractivity contribution is 6.09. The smallest absolute Gasteiger partial charge is 0.315 e. The van der Waals surface area contributed by atoms with Gasteiger partial charge in [-0.05, 0) is 44.2 Å². The number of aliphatic imine (C=N–C) groups is 1. The second-order valence-electron chi connectivity index (χ2n) is 10.3. The average Bonchev–Trinajstić information content (AvgIpc) is 2.76. The van der Waals surface area contributed by atoms with Gasteiger partial charge in [-0.25, -0.2) is 0 Å². The molecule has 0 radical (unpaired) electrons. The summed E-state index contributed by atoms with van der Waals surface area (Å²) in [4.78, 5) is 31.6. The van der Waals surface area contributed by atoms with E-state index >= 15 is 0 Å². The number of nitrogens with zero attached hydrogens (tertiary/aromatic N) is 1. The van der Waals surface area contributed by atoms with Gasteiger partial charge in [0.2, 0.25) is 0 Å². The fourth-order valence-corrected chi connectivity index (χ4v) is 5.00. The first-order chi connectivity index (χ1) is 16.2. The molecule has 1 aliphatic carbocycles. The van der Waals surface area contributed by atoms with Crippen molar-refractivity contribution in [2.75, 3.05) is 0 Å². The van der Waals surface area contributed by atoms with E-state index in [1.54, 1.807) is 0 Å². The third kappa shape index (κ3) is 4.98. The molecule has 4 rings (SSSR count). The van der Waals surface area contributed by atoms with Crippen molar-refractivity contribution in [1.29, 1.82) is 0 Å². The molecule has 0 spiro atoms. The van der Waals surface area contributed by atoms with Crippen molar-refractivity contribution in [3.63, 3.8) is 0 Å². The summed E-state index contributed by atoms with van der Waals surface area (Å²) in [6.07, 6.45) is 0.860. The van der Waals surface area contributed by atoms with Gasteiger partial charge in [-0.1, -0.05) is 62.4 Å². The lowest BCUT2D eigenvalue weighted by Gasteiger charge is -2.39. The van der Waals surface area contributed by atoms with Gasteiger partial charge in [-0.2, -0.15) is 0 Å². The van der Waals surface area contributed by atoms with Gasteiger partial charge in [0, 0.05) is 34.9 Å². The molecule has 0 amide bonds. The third-order valence-electron chi connectivity index (χ3n) is 6.40. The zero-order chi connectivity index (χ0) is 24.5. The van der Waals surface area contributed by atoms with E-state index in [9.17, 15) is 9.59 Å². The van der Waals surface area contributed by atoms with Crippen LogP contribution in [0.2, 0.25) is 0 Å². The monoisotopic (exact) mass is 459 g/mol. The van der Waals surface area contributed by atoms with E-state index in [2.05, 4.69) is 13.8 Å². The number of rotatable bonds is 6. The van der Waals surface area contributed by atoms with Gasteiger partial charge in [0.25, 0.3) is 0 Å². The van der Waals surface area contributed by atoms with Gasteiger partial charge in [0.1, 0.15) is 18.3 Å². The summed E-state index contributed by atoms with van der Waals surface area (Å²) in [5.41, 5.74) is 3.79. The molecule has 2 aliphatic rings. The van der Waals surface area contributed by atoms with Gasteiger partial charge in [0.05, 0.1) is 6.10 Å². The molecule has 178 valence electrons. The summed E-state index contributed by atoms with van der Waals surface area (Å²) < 4.78 is 11.9. The maximum atomic E-state index is 13.5. The number of carbonyl (C=O) groups excluding carboxylic acids is 2. The Hall–Kier alpha value is -3.21. The van der Waals surface area contributed by atoms with E-state index in [1.807, 2.05) is 75.4 Å². The Morgan fingerprint density at radius 2 is 1.74 bits per heavy atom. The lowest BCUT2D eigenvalue weighted by molar-refractivity contribution is -0.150. The van der Waals surface area contributed by atoms with E-state index < -0.39 is 11.8 Å². The Labute approximate surface area is 201 Å². The van der Waals surface area contributed by atoms with Gasteiger partial charge >= 0.3 is 5.97 Å². The number of Topliss-reactive ketones (excluding diaryl/α,β-unsaturated/α-hetero) is 1. The Kier molecular flexibility index (Phi) is 6.74. The second-order valence-corrected chi connectivity index (χ2v) is 10.3. The van der Waals surface area contributed by atoms with Gasteiger partial charge in [-0.3, -0.25) is 14.6 Å². The van der Waals surface area contributed by atoms with E-state index in [1.165, 1.54) is 0 Å². The Bertz CT molecular complexity index is 1140. The van der Waals surface area contributed by atoms with Crippen molar-refractivity contribution >= 4 is 17.5 Å². The summed E-state index contributed by atoms with van der Waals surface area (Å²) in [7, 11) is 0. The molecule has 1 heterocycles. The van der Waals surface area contributed by atoms with E-state index in [-0.39, 0.29) is 23.3 Å². The number of allylic oxidation sites excluding steroid dienone is 2. The highest BCUT2D eigenvalue weighted by Crippen LogP contribution is 2.49. The minimum atomic E-state index is -0.673. The first kappa shape index (κ1) is 23.9. The molecule has 5 nitrogen and oxygen atoms in total. The van der Waals surface area contributed by atoms with E-state index in [0.29, 0.717) is 36.5 Å². The van der Waals surface area contributed by atoms with Crippen LogP contribution in [0.1, 0.15) is 64.5 Å². The zero-order valence-corrected chi connectivity index (χ0v) is 20.6. The molecule has 0 fully saturated rings. The first-order valence-electron chi connectivity index (χ1n) is 11.9. The van der Waals surface area contributed by atoms with Crippen LogP contribution >= 0.6 is 0 Å². The average molecular weight is 460 g/mol. The quantitative estimate of drug-likeness (QED) is 0.495. The van der Waals surface area contributed by atoms with Crippen LogP contribution in [-0.4, -0.2) is 23.6 Å². The van der Waals surface area contributed by atoms with Crippen molar-refractivity contribution in [2.24, 2.45) is 16.3 Å². The molecule has 0 N–H and O–H groups in total. The lowest BCUT2D eigenvalue weighted by atomic mass is 9.66. The largest absolute Gasteiger partial charge is 0.489 e. The number of hydrogen-bond donors (Lipinski definition) is 0. The summed E-state index contributed by atoms with van der Waals surface area (Å²) in [6.45, 7) is 10.1. The minimum Gasteiger partial charge on any atom is -0.489 e. The predicted octanol–water partition coefficient (Wildman–Crippen LogP) is 6.03. The van der Waals surface area contributed by atoms with Gasteiger partial charge < -0.3 is 9.47 Å². The number of ether oxygens (including phenoxy) is 2. The van der Waals surface area contributed by atoms with Crippen molar-refractivity contribution in [2.45, 2.75) is 66.1 Å². The highest BCUT2D eigenvalue weighted by Gasteiger charge is 2.47.